The van der Waals surface area contributed by atoms with Crippen LogP contribution < -0.4 is 0 Å². The lowest BCUT2D eigenvalue weighted by molar-refractivity contribution is 0.0672. The highest BCUT2D eigenvalue weighted by molar-refractivity contribution is 5.92. The van der Waals surface area contributed by atoms with Gasteiger partial charge in [-0.1, -0.05) is 29.4 Å². The first-order valence-corrected chi connectivity index (χ1v) is 8.65. The van der Waals surface area contributed by atoms with Crippen LogP contribution >= 0.6 is 0 Å². The zero-order valence-corrected chi connectivity index (χ0v) is 14.3. The lowest BCUT2D eigenvalue weighted by Gasteiger charge is -2.20. The van der Waals surface area contributed by atoms with E-state index in [9.17, 15) is 9.18 Å². The summed E-state index contributed by atoms with van der Waals surface area (Å²) in [6.07, 6.45) is 2.45. The number of rotatable bonds is 4. The van der Waals surface area contributed by atoms with Gasteiger partial charge >= 0.3 is 0 Å². The SMILES string of the molecule is CCc1cc([C@@H]2CCCN2C(=O)c2cc(-c3ccccc3F)no2)on1. The van der Waals surface area contributed by atoms with Gasteiger partial charge in [-0.15, -0.1) is 0 Å². The number of halogens is 1. The third-order valence-electron chi connectivity index (χ3n) is 4.65. The molecular formula is C19H18FN3O3. The largest absolute Gasteiger partial charge is 0.359 e. The van der Waals surface area contributed by atoms with Crippen LogP contribution in [0.2, 0.25) is 0 Å². The van der Waals surface area contributed by atoms with Gasteiger partial charge < -0.3 is 13.9 Å². The first-order chi connectivity index (χ1) is 12.7. The summed E-state index contributed by atoms with van der Waals surface area (Å²) in [5.74, 6) is 0.0802. The molecule has 3 aromatic rings. The predicted octanol–water partition coefficient (Wildman–Crippen LogP) is 4.01. The fraction of sp³-hybridized carbons (Fsp3) is 0.316. The summed E-state index contributed by atoms with van der Waals surface area (Å²) in [5, 5.41) is 7.87. The van der Waals surface area contributed by atoms with Crippen molar-refractivity contribution in [3.63, 3.8) is 0 Å². The minimum atomic E-state index is -0.410. The maximum atomic E-state index is 13.9. The van der Waals surface area contributed by atoms with Crippen molar-refractivity contribution in [2.45, 2.75) is 32.2 Å². The first-order valence-electron chi connectivity index (χ1n) is 8.65. The Balaban J connectivity index is 1.58. The lowest BCUT2D eigenvalue weighted by atomic mass is 10.1. The Morgan fingerprint density at radius 1 is 1.27 bits per heavy atom. The molecule has 0 radical (unpaired) electrons. The molecule has 26 heavy (non-hydrogen) atoms. The standard InChI is InChI=1S/C19H18FN3O3/c1-2-12-10-17(25-21-12)16-8-5-9-23(16)19(24)18-11-15(22-26-18)13-6-3-4-7-14(13)20/h3-4,6-7,10-11,16H,2,5,8-9H2,1H3/t16-/m0/s1. The summed E-state index contributed by atoms with van der Waals surface area (Å²) >= 11 is 0. The van der Waals surface area contributed by atoms with Gasteiger partial charge in [-0.05, 0) is 31.4 Å². The monoisotopic (exact) mass is 355 g/mol. The van der Waals surface area contributed by atoms with Crippen LogP contribution in [0.25, 0.3) is 11.3 Å². The molecule has 3 heterocycles. The molecule has 0 N–H and O–H groups in total. The average Bonchev–Trinajstić information content (AvgIpc) is 3.40. The fourth-order valence-corrected chi connectivity index (χ4v) is 3.27. The van der Waals surface area contributed by atoms with Crippen molar-refractivity contribution in [1.82, 2.24) is 15.2 Å². The summed E-state index contributed by atoms with van der Waals surface area (Å²) in [6.45, 7) is 2.60. The Hall–Kier alpha value is -2.96. The van der Waals surface area contributed by atoms with Gasteiger partial charge in [-0.25, -0.2) is 4.39 Å². The second-order valence-corrected chi connectivity index (χ2v) is 6.29. The molecule has 0 unspecified atom stereocenters. The van der Waals surface area contributed by atoms with Gasteiger partial charge in [-0.3, -0.25) is 4.79 Å². The Morgan fingerprint density at radius 3 is 2.88 bits per heavy atom. The van der Waals surface area contributed by atoms with Crippen molar-refractivity contribution in [1.29, 1.82) is 0 Å². The maximum Gasteiger partial charge on any atom is 0.293 e. The Kier molecular flexibility index (Phi) is 4.28. The smallest absolute Gasteiger partial charge is 0.293 e. The first kappa shape index (κ1) is 16.5. The number of likely N-dealkylation sites (tertiary alicyclic amines) is 1. The molecule has 1 saturated heterocycles. The van der Waals surface area contributed by atoms with Crippen LogP contribution in [0.4, 0.5) is 4.39 Å². The highest BCUT2D eigenvalue weighted by Crippen LogP contribution is 2.34. The van der Waals surface area contributed by atoms with E-state index in [2.05, 4.69) is 10.3 Å². The third kappa shape index (κ3) is 2.89. The lowest BCUT2D eigenvalue weighted by Crippen LogP contribution is -2.30. The minimum absolute atomic E-state index is 0.0883. The molecule has 0 aliphatic carbocycles. The number of aromatic nitrogens is 2. The predicted molar refractivity (Wildman–Crippen MR) is 90.8 cm³/mol. The van der Waals surface area contributed by atoms with E-state index in [1.807, 2.05) is 13.0 Å². The molecule has 7 heteroatoms. The highest BCUT2D eigenvalue weighted by Gasteiger charge is 2.35. The number of benzene rings is 1. The van der Waals surface area contributed by atoms with E-state index in [1.54, 1.807) is 23.1 Å². The molecule has 1 amide bonds. The molecule has 1 fully saturated rings. The normalized spacial score (nSPS) is 17.0. The molecule has 6 nitrogen and oxygen atoms in total. The molecule has 0 spiro atoms. The number of carbonyl (C=O) groups excluding carboxylic acids is 1. The molecular weight excluding hydrogens is 337 g/mol. The number of hydrogen-bond donors (Lipinski definition) is 0. The van der Waals surface area contributed by atoms with Crippen LogP contribution in [0.5, 0.6) is 0 Å². The van der Waals surface area contributed by atoms with E-state index in [0.717, 1.165) is 25.0 Å². The van der Waals surface area contributed by atoms with Crippen LogP contribution in [-0.2, 0) is 6.42 Å². The zero-order chi connectivity index (χ0) is 18.1. The van der Waals surface area contributed by atoms with E-state index >= 15 is 0 Å². The summed E-state index contributed by atoms with van der Waals surface area (Å²) in [4.78, 5) is 14.6. The van der Waals surface area contributed by atoms with Crippen molar-refractivity contribution in [2.75, 3.05) is 6.54 Å². The number of nitrogens with zero attached hydrogens (tertiary/aromatic N) is 3. The van der Waals surface area contributed by atoms with Crippen molar-refractivity contribution < 1.29 is 18.2 Å². The summed E-state index contributed by atoms with van der Waals surface area (Å²) in [5.41, 5.74) is 1.46. The minimum Gasteiger partial charge on any atom is -0.359 e. The van der Waals surface area contributed by atoms with Crippen LogP contribution in [0, 0.1) is 5.82 Å². The fourth-order valence-electron chi connectivity index (χ4n) is 3.27. The second-order valence-electron chi connectivity index (χ2n) is 6.29. The van der Waals surface area contributed by atoms with Crippen molar-refractivity contribution in [2.24, 2.45) is 0 Å². The van der Waals surface area contributed by atoms with E-state index < -0.39 is 5.82 Å². The quantitative estimate of drug-likeness (QED) is 0.707. The van der Waals surface area contributed by atoms with E-state index in [4.69, 9.17) is 9.05 Å². The molecule has 1 aliphatic rings. The summed E-state index contributed by atoms with van der Waals surface area (Å²) < 4.78 is 24.5. The average molecular weight is 355 g/mol. The van der Waals surface area contributed by atoms with Crippen LogP contribution in [0.1, 0.15) is 47.8 Å². The molecule has 0 bridgehead atoms. The van der Waals surface area contributed by atoms with Crippen LogP contribution in [-0.4, -0.2) is 27.7 Å². The van der Waals surface area contributed by atoms with Crippen LogP contribution in [0.3, 0.4) is 0 Å². The molecule has 4 rings (SSSR count). The van der Waals surface area contributed by atoms with Gasteiger partial charge in [0.15, 0.2) is 5.76 Å². The van der Waals surface area contributed by atoms with Gasteiger partial charge in [0.05, 0.1) is 11.7 Å². The number of carbonyl (C=O) groups is 1. The van der Waals surface area contributed by atoms with Gasteiger partial charge in [0.25, 0.3) is 5.91 Å². The van der Waals surface area contributed by atoms with Crippen molar-refractivity contribution in [3.05, 3.63) is 59.4 Å². The Morgan fingerprint density at radius 2 is 2.12 bits per heavy atom. The maximum absolute atomic E-state index is 13.9. The van der Waals surface area contributed by atoms with E-state index in [1.165, 1.54) is 12.1 Å². The van der Waals surface area contributed by atoms with Crippen molar-refractivity contribution >= 4 is 5.91 Å². The van der Waals surface area contributed by atoms with Crippen molar-refractivity contribution in [3.8, 4) is 11.3 Å². The van der Waals surface area contributed by atoms with E-state index in [0.29, 0.717) is 23.6 Å². The van der Waals surface area contributed by atoms with E-state index in [-0.39, 0.29) is 17.7 Å². The molecule has 1 atom stereocenters. The molecule has 1 aromatic carbocycles. The number of amides is 1. The summed E-state index contributed by atoms with van der Waals surface area (Å²) in [6, 6.07) is 9.45. The highest BCUT2D eigenvalue weighted by atomic mass is 19.1. The van der Waals surface area contributed by atoms with Crippen LogP contribution in [0.15, 0.2) is 45.4 Å². The van der Waals surface area contributed by atoms with Gasteiger partial charge in [0.1, 0.15) is 11.5 Å². The van der Waals surface area contributed by atoms with Gasteiger partial charge in [0.2, 0.25) is 5.76 Å². The molecule has 134 valence electrons. The summed E-state index contributed by atoms with van der Waals surface area (Å²) in [7, 11) is 0. The molecule has 0 saturated carbocycles. The third-order valence-corrected chi connectivity index (χ3v) is 4.65. The number of hydrogen-bond acceptors (Lipinski definition) is 5. The zero-order valence-electron chi connectivity index (χ0n) is 14.3. The Bertz CT molecular complexity index is 934. The Labute approximate surface area is 149 Å². The van der Waals surface area contributed by atoms with Gasteiger partial charge in [-0.2, -0.15) is 0 Å². The molecule has 2 aromatic heterocycles. The molecule has 1 aliphatic heterocycles. The topological polar surface area (TPSA) is 72.4 Å². The van der Waals surface area contributed by atoms with Gasteiger partial charge in [0, 0.05) is 24.2 Å². The second kappa shape index (κ2) is 6.74. The number of aryl methyl sites for hydroxylation is 1.